The summed E-state index contributed by atoms with van der Waals surface area (Å²) in [7, 11) is 0. The third-order valence-electron chi connectivity index (χ3n) is 15.7. The first-order valence-corrected chi connectivity index (χ1v) is 29.9. The fourth-order valence-electron chi connectivity index (χ4n) is 11.3. The van der Waals surface area contributed by atoms with Crippen molar-refractivity contribution in [2.24, 2.45) is 32.4 Å². The molecule has 3 aliphatic rings. The molecule has 1 amide bonds. The number of hydrogen-bond acceptors (Lipinski definition) is 12. The lowest BCUT2D eigenvalue weighted by molar-refractivity contribution is -0.114. The molecule has 3 aliphatic heterocycles. The van der Waals surface area contributed by atoms with Crippen molar-refractivity contribution in [3.05, 3.63) is 173 Å². The van der Waals surface area contributed by atoms with Crippen molar-refractivity contribution >= 4 is 76.1 Å². The van der Waals surface area contributed by atoms with Crippen LogP contribution < -0.4 is 32.3 Å². The Morgan fingerprint density at radius 2 is 1.55 bits per heavy atom. The van der Waals surface area contributed by atoms with E-state index in [-0.39, 0.29) is 17.2 Å². The Morgan fingerprint density at radius 1 is 0.904 bits per heavy atom. The number of benzene rings is 2. The first-order chi connectivity index (χ1) is 39.5. The number of thiol groups is 1. The van der Waals surface area contributed by atoms with Crippen molar-refractivity contribution in [3.8, 4) is 0 Å². The molecule has 1 saturated heterocycles. The summed E-state index contributed by atoms with van der Waals surface area (Å²) in [5, 5.41) is 10.7. The lowest BCUT2D eigenvalue weighted by Gasteiger charge is -2.28. The number of aromatic nitrogens is 2. The summed E-state index contributed by atoms with van der Waals surface area (Å²) in [6.45, 7) is 52.8. The van der Waals surface area contributed by atoms with Crippen LogP contribution in [0.15, 0.2) is 161 Å². The minimum atomic E-state index is -0.266. The van der Waals surface area contributed by atoms with Crippen LogP contribution in [-0.4, -0.2) is 74.8 Å². The third-order valence-corrected chi connectivity index (χ3v) is 16.1. The number of imidazole rings is 1. The van der Waals surface area contributed by atoms with Gasteiger partial charge in [-0.1, -0.05) is 98.1 Å². The van der Waals surface area contributed by atoms with E-state index in [1.54, 1.807) is 0 Å². The highest BCUT2D eigenvalue weighted by molar-refractivity contribution is 7.81. The van der Waals surface area contributed by atoms with Gasteiger partial charge in [-0.25, -0.2) is 4.98 Å². The molecule has 2 unspecified atom stereocenters. The van der Waals surface area contributed by atoms with Crippen LogP contribution in [0.1, 0.15) is 147 Å². The highest BCUT2D eigenvalue weighted by atomic mass is 32.1. The summed E-state index contributed by atoms with van der Waals surface area (Å²) in [5.74, 6) is 1.26. The number of rotatable bonds is 32. The minimum absolute atomic E-state index is 0.0489. The average Bonchev–Trinajstić information content (AvgIpc) is 4.15. The molecule has 0 spiro atoms. The SMILES string of the molecule is C=C(CCCCc1cc(C(=C)N)cc2nc(NC(=C)C3=C(CC)N=C(C)C3)n(C/C=C/CN(/C(C)=N/C(=O)C3=C(CC)N=C(C)C3)c3c(C)cc(C(=C)N)cc3CC)c12)CC(C)CNC(=C)[C@H](CCC=O)NC(=C)CN1C(=C)CC(S)C1=C. The molecular weight excluding hydrogens is 1050 g/mol. The zero-order chi connectivity index (χ0) is 60.8. The first-order valence-electron chi connectivity index (χ1n) is 29.3. The normalized spacial score (nSPS) is 16.2. The first kappa shape index (κ1) is 64.5. The number of allylic oxidation sites excluding steroid dienone is 6. The van der Waals surface area contributed by atoms with Crippen molar-refractivity contribution < 1.29 is 9.59 Å². The molecule has 6 rings (SSSR count). The van der Waals surface area contributed by atoms with Crippen molar-refractivity contribution in [2.45, 2.75) is 157 Å². The quantitative estimate of drug-likeness (QED) is 0.00878. The molecule has 442 valence electrons. The zero-order valence-electron chi connectivity index (χ0n) is 51.0. The number of aryl methyl sites for hydroxylation is 3. The van der Waals surface area contributed by atoms with Crippen molar-refractivity contribution in [3.63, 3.8) is 0 Å². The molecule has 14 nitrogen and oxygen atoms in total. The number of carbonyl (C=O) groups excluding carboxylic acids is 2. The summed E-state index contributed by atoms with van der Waals surface area (Å²) in [6.07, 6.45) is 14.7. The average molecular weight is 1140 g/mol. The molecule has 7 N–H and O–H groups in total. The zero-order valence-corrected chi connectivity index (χ0v) is 51.9. The van der Waals surface area contributed by atoms with Gasteiger partial charge in [-0.15, -0.1) is 0 Å². The van der Waals surface area contributed by atoms with Crippen LogP contribution in [0.5, 0.6) is 0 Å². The number of aldehydes is 1. The molecule has 4 heterocycles. The predicted octanol–water partition coefficient (Wildman–Crippen LogP) is 13.6. The van der Waals surface area contributed by atoms with Gasteiger partial charge in [-0.3, -0.25) is 14.8 Å². The topological polar surface area (TPSA) is 184 Å². The maximum absolute atomic E-state index is 13.9. The number of nitrogens with zero attached hydrogens (tertiary/aromatic N) is 7. The molecule has 1 aromatic heterocycles. The molecule has 83 heavy (non-hydrogen) atoms. The molecule has 0 saturated carbocycles. The predicted molar refractivity (Wildman–Crippen MR) is 356 cm³/mol. The Balaban J connectivity index is 1.22. The van der Waals surface area contributed by atoms with Crippen LogP contribution in [-0.2, 0) is 29.0 Å². The fraction of sp³-hybridized carbons (Fsp3) is 0.412. The van der Waals surface area contributed by atoms with Gasteiger partial charge < -0.3 is 46.6 Å². The van der Waals surface area contributed by atoms with Gasteiger partial charge in [0.15, 0.2) is 0 Å². The smallest absolute Gasteiger partial charge is 0.276 e. The maximum atomic E-state index is 13.9. The van der Waals surface area contributed by atoms with Crippen molar-refractivity contribution in [1.82, 2.24) is 25.1 Å². The van der Waals surface area contributed by atoms with Crippen LogP contribution >= 0.6 is 12.6 Å². The van der Waals surface area contributed by atoms with Gasteiger partial charge >= 0.3 is 0 Å². The van der Waals surface area contributed by atoms with E-state index in [0.29, 0.717) is 86.5 Å². The van der Waals surface area contributed by atoms with Crippen molar-refractivity contribution in [1.29, 1.82) is 0 Å². The lowest BCUT2D eigenvalue weighted by atomic mass is 9.96. The van der Waals surface area contributed by atoms with Crippen molar-refractivity contribution in [2.75, 3.05) is 29.9 Å². The number of carbonyl (C=O) groups is 2. The highest BCUT2D eigenvalue weighted by Gasteiger charge is 2.29. The second-order valence-electron chi connectivity index (χ2n) is 22.6. The summed E-state index contributed by atoms with van der Waals surface area (Å²) in [4.78, 5) is 49.1. The van der Waals surface area contributed by atoms with Gasteiger partial charge in [0.1, 0.15) is 12.1 Å². The Hall–Kier alpha value is -7.65. The van der Waals surface area contributed by atoms with Crippen LogP contribution in [0.25, 0.3) is 22.4 Å². The number of fused-ring (bicyclic) bond motifs is 1. The van der Waals surface area contributed by atoms with E-state index in [9.17, 15) is 9.59 Å². The van der Waals surface area contributed by atoms with Crippen LogP contribution in [0.3, 0.4) is 0 Å². The second-order valence-corrected chi connectivity index (χ2v) is 23.2. The molecule has 0 bridgehead atoms. The van der Waals surface area contributed by atoms with E-state index in [1.807, 2.05) is 32.9 Å². The minimum Gasteiger partial charge on any atom is -0.399 e. The Kier molecular flexibility index (Phi) is 23.0. The summed E-state index contributed by atoms with van der Waals surface area (Å²) >= 11 is 4.64. The highest BCUT2D eigenvalue weighted by Crippen LogP contribution is 2.35. The van der Waals surface area contributed by atoms with E-state index in [2.05, 4.69) is 159 Å². The Labute approximate surface area is 500 Å². The maximum Gasteiger partial charge on any atom is 0.276 e. The monoisotopic (exact) mass is 1140 g/mol. The lowest BCUT2D eigenvalue weighted by Crippen LogP contribution is -2.39. The number of amides is 1. The molecule has 3 aromatic rings. The number of hydrogen-bond donors (Lipinski definition) is 6. The molecule has 3 atom stereocenters. The number of likely N-dealkylation sites (tertiary alicyclic amines) is 1. The second kappa shape index (κ2) is 29.5. The number of nitrogens with one attached hydrogen (secondary N) is 3. The number of aliphatic imine (C=N–C) groups is 3. The Bertz CT molecular complexity index is 3280. The summed E-state index contributed by atoms with van der Waals surface area (Å²) in [6, 6.07) is 8.12. The van der Waals surface area contributed by atoms with Gasteiger partial charge in [0, 0.05) is 130 Å². The Morgan fingerprint density at radius 3 is 2.18 bits per heavy atom. The summed E-state index contributed by atoms with van der Waals surface area (Å²) in [5.41, 5.74) is 32.3. The molecular formula is C68H92N12O2S. The van der Waals surface area contributed by atoms with Gasteiger partial charge in [-0.2, -0.15) is 17.6 Å². The number of anilines is 2. The van der Waals surface area contributed by atoms with Crippen LogP contribution in [0, 0.1) is 12.8 Å². The van der Waals surface area contributed by atoms with E-state index in [1.165, 1.54) is 5.57 Å². The third kappa shape index (κ3) is 16.5. The van der Waals surface area contributed by atoms with Gasteiger partial charge in [0.25, 0.3) is 5.91 Å². The van der Waals surface area contributed by atoms with Crippen LogP contribution in [0.4, 0.5) is 11.6 Å². The van der Waals surface area contributed by atoms with Gasteiger partial charge in [0.05, 0.1) is 23.6 Å². The van der Waals surface area contributed by atoms with E-state index >= 15 is 0 Å². The molecule has 1 fully saturated rings. The molecule has 15 heteroatoms. The van der Waals surface area contributed by atoms with E-state index in [0.717, 1.165) is 165 Å². The van der Waals surface area contributed by atoms with E-state index in [4.69, 9.17) is 26.4 Å². The summed E-state index contributed by atoms with van der Waals surface area (Å²) < 4.78 is 2.22. The fourth-order valence-corrected chi connectivity index (χ4v) is 11.6. The number of amidine groups is 1. The van der Waals surface area contributed by atoms with E-state index < -0.39 is 0 Å². The number of nitrogens with two attached hydrogens (primary N) is 2. The van der Waals surface area contributed by atoms with Gasteiger partial charge in [0.2, 0.25) is 5.95 Å². The molecule has 2 aromatic carbocycles. The van der Waals surface area contributed by atoms with Gasteiger partial charge in [-0.05, 0) is 143 Å². The largest absolute Gasteiger partial charge is 0.399 e. The molecule has 0 radical (unpaired) electrons. The standard InChI is InChI=1S/C68H92N12O2S/c1-17-54-36-56(48(11)69)32-43(6)65(54)78(53(16)76-67(82)59-34-45(8)73-61(59)19-3)28-22-23-29-79-66-55(37-57(49(12)70)38-63(66)77-68(79)75-50(13)58-33-44(7)72-60(58)18-2)26-21-20-25-41(4)31-42(5)39-71-51(14)62(27-24-30-81)74-46(9)40-80-47(10)35-64(83)52(80)15/h22-23,30,32,36-38,42,62,64,71,74,83H,4,9-15,17-21,24-29,31,33-35,39-40,69-70H2,1-3,5-8,16H3,(H,75,77)/b23-22+,76-53+/t42?,62-,64?/m0/s1. The van der Waals surface area contributed by atoms with Crippen LogP contribution in [0.2, 0.25) is 0 Å². The molecule has 0 aliphatic carbocycles. The number of unbranched alkanes of at least 4 members (excludes halogenated alkanes) is 1.